The first-order valence-electron chi connectivity index (χ1n) is 13.4. The second-order valence-electron chi connectivity index (χ2n) is 9.30. The molecule has 2 aromatic rings. The molecule has 1 aromatic carbocycles. The lowest BCUT2D eigenvalue weighted by molar-refractivity contribution is -0.147. The molecule has 0 aliphatic rings. The number of H-pyrrole nitrogens is 1. The number of amides is 1. The lowest BCUT2D eigenvalue weighted by atomic mass is 10.0. The number of hydrogen-bond donors (Lipinski definition) is 2. The molecule has 1 amide bonds. The quantitative estimate of drug-likeness (QED) is 0.204. The molecule has 208 valence electrons. The second kappa shape index (κ2) is 14.9. The van der Waals surface area contributed by atoms with E-state index in [1.54, 1.807) is 12.1 Å². The number of ketones is 1. The van der Waals surface area contributed by atoms with Gasteiger partial charge in [-0.15, -0.1) is 0 Å². The summed E-state index contributed by atoms with van der Waals surface area (Å²) < 4.78 is 6.55. The van der Waals surface area contributed by atoms with Crippen LogP contribution in [0.25, 0.3) is 0 Å². The Balaban J connectivity index is 2.14. The lowest BCUT2D eigenvalue weighted by Gasteiger charge is -2.24. The number of aromatic nitrogens is 2. The highest BCUT2D eigenvalue weighted by Gasteiger charge is 2.25. The highest BCUT2D eigenvalue weighted by atomic mass is 16.5. The van der Waals surface area contributed by atoms with Gasteiger partial charge in [0, 0.05) is 25.1 Å². The highest BCUT2D eigenvalue weighted by molar-refractivity contribution is 6.00. The third-order valence-corrected chi connectivity index (χ3v) is 6.37. The van der Waals surface area contributed by atoms with E-state index in [1.807, 2.05) is 32.9 Å². The lowest BCUT2D eigenvalue weighted by Crippen LogP contribution is -2.41. The van der Waals surface area contributed by atoms with Crippen molar-refractivity contribution in [3.63, 3.8) is 0 Å². The van der Waals surface area contributed by atoms with E-state index in [9.17, 15) is 24.0 Å². The van der Waals surface area contributed by atoms with Gasteiger partial charge >= 0.3 is 11.7 Å². The molecule has 38 heavy (non-hydrogen) atoms. The molecule has 3 N–H and O–H groups in total. The van der Waals surface area contributed by atoms with Crippen molar-refractivity contribution in [1.29, 1.82) is 0 Å². The maximum atomic E-state index is 13.2. The number of benzene rings is 1. The van der Waals surface area contributed by atoms with E-state index < -0.39 is 29.2 Å². The minimum Gasteiger partial charge on any atom is -0.454 e. The molecule has 1 unspecified atom stereocenters. The summed E-state index contributed by atoms with van der Waals surface area (Å²) in [5.41, 5.74) is 6.28. The number of aryl methyl sites for hydroxylation is 1. The van der Waals surface area contributed by atoms with Crippen molar-refractivity contribution in [2.24, 2.45) is 0 Å². The largest absolute Gasteiger partial charge is 0.454 e. The maximum Gasteiger partial charge on any atom is 0.330 e. The Morgan fingerprint density at radius 2 is 1.66 bits per heavy atom. The van der Waals surface area contributed by atoms with Crippen molar-refractivity contribution in [2.75, 3.05) is 17.2 Å². The van der Waals surface area contributed by atoms with Gasteiger partial charge < -0.3 is 15.4 Å². The van der Waals surface area contributed by atoms with E-state index in [2.05, 4.69) is 4.98 Å². The number of carbonyl (C=O) groups is 3. The average molecular weight is 529 g/mol. The van der Waals surface area contributed by atoms with Gasteiger partial charge in [0.25, 0.3) is 5.56 Å². The zero-order valence-electron chi connectivity index (χ0n) is 22.9. The molecule has 0 bridgehead atoms. The van der Waals surface area contributed by atoms with Crippen LogP contribution in [0.3, 0.4) is 0 Å². The SMILES string of the molecule is CCCCCN(C(=O)CCC(=O)OC(C)C(=O)c1ccc(CC)cc1)c1c(N)n(CCCC)c(=O)[nH]c1=O. The van der Waals surface area contributed by atoms with Crippen molar-refractivity contribution in [3.05, 3.63) is 56.2 Å². The van der Waals surface area contributed by atoms with Crippen LogP contribution in [0, 0.1) is 0 Å². The molecule has 0 saturated heterocycles. The van der Waals surface area contributed by atoms with Crippen LogP contribution in [0.4, 0.5) is 11.5 Å². The molecule has 1 heterocycles. The normalized spacial score (nSPS) is 11.7. The Hall–Kier alpha value is -3.69. The van der Waals surface area contributed by atoms with E-state index in [1.165, 1.54) is 16.4 Å². The second-order valence-corrected chi connectivity index (χ2v) is 9.30. The number of Topliss-reactive ketones (excluding diaryl/α,β-unsaturated/α-hetero) is 1. The van der Waals surface area contributed by atoms with Crippen LogP contribution in [0.5, 0.6) is 0 Å². The number of unbranched alkanes of at least 4 members (excludes halogenated alkanes) is 3. The number of carbonyl (C=O) groups excluding carboxylic acids is 3. The molecule has 10 heteroatoms. The molecular weight excluding hydrogens is 488 g/mol. The van der Waals surface area contributed by atoms with E-state index in [-0.39, 0.29) is 36.7 Å². The number of nitrogen functional groups attached to an aromatic ring is 1. The third-order valence-electron chi connectivity index (χ3n) is 6.37. The molecule has 1 atom stereocenters. The van der Waals surface area contributed by atoms with E-state index in [4.69, 9.17) is 10.5 Å². The van der Waals surface area contributed by atoms with E-state index in [0.29, 0.717) is 24.9 Å². The van der Waals surface area contributed by atoms with E-state index >= 15 is 0 Å². The molecular formula is C28H40N4O6. The van der Waals surface area contributed by atoms with Crippen molar-refractivity contribution < 1.29 is 19.1 Å². The van der Waals surface area contributed by atoms with Crippen LogP contribution >= 0.6 is 0 Å². The van der Waals surface area contributed by atoms with Crippen molar-refractivity contribution in [3.8, 4) is 0 Å². The molecule has 0 aliphatic carbocycles. The van der Waals surface area contributed by atoms with Gasteiger partial charge in [0.15, 0.2) is 11.8 Å². The monoisotopic (exact) mass is 528 g/mol. The van der Waals surface area contributed by atoms with Crippen LogP contribution in [0.15, 0.2) is 33.9 Å². The van der Waals surface area contributed by atoms with Crippen LogP contribution < -0.4 is 21.9 Å². The number of nitrogens with one attached hydrogen (secondary N) is 1. The summed E-state index contributed by atoms with van der Waals surface area (Å²) in [7, 11) is 0. The summed E-state index contributed by atoms with van der Waals surface area (Å²) in [6, 6.07) is 7.11. The van der Waals surface area contributed by atoms with Crippen molar-refractivity contribution >= 4 is 29.2 Å². The summed E-state index contributed by atoms with van der Waals surface area (Å²) in [5, 5.41) is 0. The fraction of sp³-hybridized carbons (Fsp3) is 0.536. The topological polar surface area (TPSA) is 145 Å². The fourth-order valence-corrected chi connectivity index (χ4v) is 4.05. The third kappa shape index (κ3) is 8.16. The van der Waals surface area contributed by atoms with Gasteiger partial charge in [0.2, 0.25) is 11.7 Å². The van der Waals surface area contributed by atoms with Gasteiger partial charge in [-0.25, -0.2) is 4.79 Å². The zero-order valence-corrected chi connectivity index (χ0v) is 22.9. The Kier molecular flexibility index (Phi) is 12.0. The zero-order chi connectivity index (χ0) is 28.2. The van der Waals surface area contributed by atoms with Crippen LogP contribution in [-0.4, -0.2) is 39.9 Å². The predicted molar refractivity (Wildman–Crippen MR) is 147 cm³/mol. The molecule has 0 radical (unpaired) electrons. The smallest absolute Gasteiger partial charge is 0.330 e. The number of esters is 1. The standard InChI is InChI=1S/C28H40N4O6/c1-5-8-10-18-31(24-26(29)32(17-9-6-2)28(37)30-27(24)36)22(33)15-16-23(34)38-19(4)25(35)21-13-11-20(7-3)12-14-21/h11-14,19H,5-10,15-18,29H2,1-4H3,(H,30,36,37). The Morgan fingerprint density at radius 3 is 2.26 bits per heavy atom. The fourth-order valence-electron chi connectivity index (χ4n) is 4.05. The number of hydrogen-bond acceptors (Lipinski definition) is 7. The number of nitrogens with zero attached hydrogens (tertiary/aromatic N) is 2. The first-order chi connectivity index (χ1) is 18.1. The molecule has 0 spiro atoms. The Labute approximate surface area is 223 Å². The average Bonchev–Trinajstić information content (AvgIpc) is 2.90. The molecule has 0 saturated carbocycles. The van der Waals surface area contributed by atoms with Gasteiger partial charge in [-0.1, -0.05) is 64.3 Å². The number of rotatable bonds is 15. The van der Waals surface area contributed by atoms with Gasteiger partial charge in [-0.05, 0) is 31.7 Å². The highest BCUT2D eigenvalue weighted by Crippen LogP contribution is 2.20. The van der Waals surface area contributed by atoms with Crippen molar-refractivity contribution in [1.82, 2.24) is 9.55 Å². The van der Waals surface area contributed by atoms with Gasteiger partial charge in [-0.2, -0.15) is 0 Å². The Morgan fingerprint density at radius 1 is 1.00 bits per heavy atom. The molecule has 10 nitrogen and oxygen atoms in total. The molecule has 0 fully saturated rings. The minimum atomic E-state index is -1.01. The summed E-state index contributed by atoms with van der Waals surface area (Å²) in [4.78, 5) is 66.9. The van der Waals surface area contributed by atoms with Gasteiger partial charge in [0.05, 0.1) is 6.42 Å². The number of nitrogens with two attached hydrogens (primary N) is 1. The summed E-state index contributed by atoms with van der Waals surface area (Å²) in [6.45, 7) is 8.00. The Bertz CT molecular complexity index is 1220. The summed E-state index contributed by atoms with van der Waals surface area (Å²) in [5.74, 6) is -1.60. The van der Waals surface area contributed by atoms with Crippen LogP contribution in [0.1, 0.15) is 88.6 Å². The molecule has 0 aliphatic heterocycles. The van der Waals surface area contributed by atoms with Crippen LogP contribution in [-0.2, 0) is 27.3 Å². The number of anilines is 2. The first-order valence-corrected chi connectivity index (χ1v) is 13.4. The number of ether oxygens (including phenoxy) is 1. The summed E-state index contributed by atoms with van der Waals surface area (Å²) >= 11 is 0. The van der Waals surface area contributed by atoms with Crippen LogP contribution in [0.2, 0.25) is 0 Å². The maximum absolute atomic E-state index is 13.2. The van der Waals surface area contributed by atoms with Gasteiger partial charge in [-0.3, -0.25) is 28.7 Å². The first kappa shape index (κ1) is 30.5. The molecule has 2 rings (SSSR count). The summed E-state index contributed by atoms with van der Waals surface area (Å²) in [6.07, 6.45) is 3.12. The predicted octanol–water partition coefficient (Wildman–Crippen LogP) is 3.60. The van der Waals surface area contributed by atoms with Crippen molar-refractivity contribution in [2.45, 2.75) is 91.7 Å². The number of aromatic amines is 1. The minimum absolute atomic E-state index is 0.0760. The van der Waals surface area contributed by atoms with E-state index in [0.717, 1.165) is 31.2 Å². The van der Waals surface area contributed by atoms with Gasteiger partial charge in [0.1, 0.15) is 5.82 Å². The molecule has 1 aromatic heterocycles.